The summed E-state index contributed by atoms with van der Waals surface area (Å²) < 4.78 is 76.2. The van der Waals surface area contributed by atoms with E-state index in [2.05, 4.69) is 10.3 Å². The minimum Gasteiger partial charge on any atom is -0.338 e. The van der Waals surface area contributed by atoms with Crippen LogP contribution in [0.2, 0.25) is 0 Å². The van der Waals surface area contributed by atoms with Gasteiger partial charge in [0.2, 0.25) is 0 Å². The molecule has 0 aliphatic rings. The Morgan fingerprint density at radius 1 is 1.13 bits per heavy atom. The Kier molecular flexibility index (Phi) is 5.66. The summed E-state index contributed by atoms with van der Waals surface area (Å²) in [6, 6.07) is 7.99. The van der Waals surface area contributed by atoms with Crippen molar-refractivity contribution in [2.24, 2.45) is 7.05 Å². The Morgan fingerprint density at radius 2 is 1.80 bits per heavy atom. The predicted octanol–water partition coefficient (Wildman–Crippen LogP) is 3.37. The molecule has 1 amide bonds. The molecular weight excluding hydrogens is 426 g/mol. The fourth-order valence-corrected chi connectivity index (χ4v) is 3.53. The molecule has 1 unspecified atom stereocenters. The number of aryl methyl sites for hydroxylation is 1. The van der Waals surface area contributed by atoms with Crippen LogP contribution in [0.5, 0.6) is 0 Å². The van der Waals surface area contributed by atoms with Gasteiger partial charge in [-0.2, -0.15) is 13.2 Å². The van der Waals surface area contributed by atoms with Crippen molar-refractivity contribution in [3.05, 3.63) is 83.7 Å². The molecule has 0 radical (unpaired) electrons. The van der Waals surface area contributed by atoms with Crippen molar-refractivity contribution >= 4 is 15.7 Å². The van der Waals surface area contributed by atoms with E-state index >= 15 is 0 Å². The summed E-state index contributed by atoms with van der Waals surface area (Å²) in [5, 5.41) is 2.65. The number of halogens is 4. The lowest BCUT2D eigenvalue weighted by molar-refractivity contribution is -0.0436. The standard InChI is InChI=1S/C19H15F4N3O3S/c1-26-10-9-24-17(26)16(13-3-2-4-14(20)11-13)25-18(27)12-5-7-15(8-6-12)30(28,29)19(21,22)23/h2-11,16H,1H3,(H,25,27). The first kappa shape index (κ1) is 21.5. The number of amides is 1. The number of hydrogen-bond acceptors (Lipinski definition) is 4. The second kappa shape index (κ2) is 7.90. The highest BCUT2D eigenvalue weighted by Gasteiger charge is 2.46. The van der Waals surface area contributed by atoms with Gasteiger partial charge in [0.05, 0.1) is 4.90 Å². The Hall–Kier alpha value is -3.21. The van der Waals surface area contributed by atoms with Gasteiger partial charge in [-0.25, -0.2) is 17.8 Å². The molecule has 11 heteroatoms. The maximum absolute atomic E-state index is 13.7. The molecule has 0 aliphatic heterocycles. The highest BCUT2D eigenvalue weighted by molar-refractivity contribution is 7.92. The number of imidazole rings is 1. The van der Waals surface area contributed by atoms with E-state index in [0.29, 0.717) is 23.5 Å². The van der Waals surface area contributed by atoms with E-state index in [9.17, 15) is 30.8 Å². The zero-order valence-corrected chi connectivity index (χ0v) is 16.2. The Labute approximate surface area is 169 Å². The lowest BCUT2D eigenvalue weighted by atomic mass is 10.0. The van der Waals surface area contributed by atoms with Crippen molar-refractivity contribution in [1.29, 1.82) is 0 Å². The van der Waals surface area contributed by atoms with Gasteiger partial charge in [-0.15, -0.1) is 0 Å². The molecule has 0 fully saturated rings. The summed E-state index contributed by atoms with van der Waals surface area (Å²) in [4.78, 5) is 15.9. The first-order chi connectivity index (χ1) is 14.0. The topological polar surface area (TPSA) is 81.1 Å². The van der Waals surface area contributed by atoms with Gasteiger partial charge in [0.15, 0.2) is 0 Å². The molecule has 30 heavy (non-hydrogen) atoms. The minimum absolute atomic E-state index is 0.0771. The summed E-state index contributed by atoms with van der Waals surface area (Å²) in [6.07, 6.45) is 3.12. The molecule has 1 atom stereocenters. The zero-order chi connectivity index (χ0) is 22.1. The first-order valence-electron chi connectivity index (χ1n) is 8.45. The molecule has 1 aromatic heterocycles. The number of carbonyl (C=O) groups excluding carboxylic acids is 1. The summed E-state index contributed by atoms with van der Waals surface area (Å²) >= 11 is 0. The van der Waals surface area contributed by atoms with Crippen molar-refractivity contribution in [2.75, 3.05) is 0 Å². The van der Waals surface area contributed by atoms with Crippen LogP contribution in [0.15, 0.2) is 65.8 Å². The van der Waals surface area contributed by atoms with Gasteiger partial charge in [0, 0.05) is 25.0 Å². The molecule has 1 heterocycles. The van der Waals surface area contributed by atoms with Gasteiger partial charge in [-0.3, -0.25) is 4.79 Å². The highest BCUT2D eigenvalue weighted by Crippen LogP contribution is 2.30. The summed E-state index contributed by atoms with van der Waals surface area (Å²) in [7, 11) is -3.84. The monoisotopic (exact) mass is 441 g/mol. The number of aromatic nitrogens is 2. The largest absolute Gasteiger partial charge is 0.501 e. The molecule has 0 saturated carbocycles. The average molecular weight is 441 g/mol. The van der Waals surface area contributed by atoms with Crippen molar-refractivity contribution in [1.82, 2.24) is 14.9 Å². The Morgan fingerprint density at radius 3 is 2.33 bits per heavy atom. The lowest BCUT2D eigenvalue weighted by Gasteiger charge is -2.19. The maximum Gasteiger partial charge on any atom is 0.501 e. The maximum atomic E-state index is 13.7. The molecule has 3 rings (SSSR count). The average Bonchev–Trinajstić information content (AvgIpc) is 3.10. The third-order valence-electron chi connectivity index (χ3n) is 4.31. The Bertz CT molecular complexity index is 1170. The predicted molar refractivity (Wildman–Crippen MR) is 98.6 cm³/mol. The van der Waals surface area contributed by atoms with Crippen molar-refractivity contribution in [3.8, 4) is 0 Å². The van der Waals surface area contributed by atoms with Gasteiger partial charge < -0.3 is 9.88 Å². The van der Waals surface area contributed by atoms with E-state index in [-0.39, 0.29) is 5.56 Å². The molecule has 3 aromatic rings. The number of carbonyl (C=O) groups is 1. The molecule has 0 aliphatic carbocycles. The van der Waals surface area contributed by atoms with E-state index in [4.69, 9.17) is 0 Å². The smallest absolute Gasteiger partial charge is 0.338 e. The number of hydrogen-bond donors (Lipinski definition) is 1. The summed E-state index contributed by atoms with van der Waals surface area (Å²) in [6.45, 7) is 0. The fourth-order valence-electron chi connectivity index (χ4n) is 2.77. The van der Waals surface area contributed by atoms with Crippen molar-refractivity contribution < 1.29 is 30.8 Å². The number of rotatable bonds is 5. The molecule has 2 aromatic carbocycles. The number of nitrogens with zero attached hydrogens (tertiary/aromatic N) is 2. The zero-order valence-electron chi connectivity index (χ0n) is 15.4. The molecule has 6 nitrogen and oxygen atoms in total. The van der Waals surface area contributed by atoms with Gasteiger partial charge in [-0.05, 0) is 42.0 Å². The lowest BCUT2D eigenvalue weighted by Crippen LogP contribution is -2.31. The van der Waals surface area contributed by atoms with Gasteiger partial charge >= 0.3 is 5.51 Å². The summed E-state index contributed by atoms with van der Waals surface area (Å²) in [5.41, 5.74) is -5.13. The van der Waals surface area contributed by atoms with E-state index < -0.39 is 38.0 Å². The van der Waals surface area contributed by atoms with Crippen LogP contribution in [-0.2, 0) is 16.9 Å². The SMILES string of the molecule is Cn1ccnc1C(NC(=O)c1ccc(S(=O)(=O)C(F)(F)F)cc1)c1cccc(F)c1. The quantitative estimate of drug-likeness (QED) is 0.616. The van der Waals surface area contributed by atoms with Crippen LogP contribution in [0, 0.1) is 5.82 Å². The number of sulfone groups is 1. The van der Waals surface area contributed by atoms with Gasteiger partial charge in [0.1, 0.15) is 17.7 Å². The highest BCUT2D eigenvalue weighted by atomic mass is 32.2. The van der Waals surface area contributed by atoms with Crippen LogP contribution in [-0.4, -0.2) is 29.4 Å². The van der Waals surface area contributed by atoms with E-state index in [1.807, 2.05) is 0 Å². The second-order valence-corrected chi connectivity index (χ2v) is 8.27. The van der Waals surface area contributed by atoms with Crippen LogP contribution in [0.4, 0.5) is 17.6 Å². The molecule has 1 N–H and O–H groups in total. The van der Waals surface area contributed by atoms with Crippen LogP contribution >= 0.6 is 0 Å². The molecule has 0 bridgehead atoms. The normalized spacial score (nSPS) is 13.1. The van der Waals surface area contributed by atoms with Crippen LogP contribution in [0.25, 0.3) is 0 Å². The summed E-state index contributed by atoms with van der Waals surface area (Å²) in [5.74, 6) is -0.837. The van der Waals surface area contributed by atoms with Crippen molar-refractivity contribution in [2.45, 2.75) is 16.4 Å². The van der Waals surface area contributed by atoms with Crippen LogP contribution in [0.1, 0.15) is 27.8 Å². The molecule has 158 valence electrons. The first-order valence-corrected chi connectivity index (χ1v) is 9.94. The van der Waals surface area contributed by atoms with Crippen molar-refractivity contribution in [3.63, 3.8) is 0 Å². The van der Waals surface area contributed by atoms with Crippen LogP contribution < -0.4 is 5.32 Å². The van der Waals surface area contributed by atoms with E-state index in [0.717, 1.165) is 12.1 Å². The van der Waals surface area contributed by atoms with Crippen LogP contribution in [0.3, 0.4) is 0 Å². The van der Waals surface area contributed by atoms with E-state index in [1.165, 1.54) is 24.4 Å². The number of nitrogens with one attached hydrogen (secondary N) is 1. The minimum atomic E-state index is -5.52. The second-order valence-electron chi connectivity index (χ2n) is 6.33. The van der Waals surface area contributed by atoms with Gasteiger partial charge in [0.25, 0.3) is 15.7 Å². The number of benzene rings is 2. The van der Waals surface area contributed by atoms with E-state index in [1.54, 1.807) is 23.9 Å². The molecular formula is C19H15F4N3O3S. The third-order valence-corrected chi connectivity index (χ3v) is 5.81. The third kappa shape index (κ3) is 4.20. The Balaban J connectivity index is 1.91. The molecule has 0 spiro atoms. The number of alkyl halides is 3. The fraction of sp³-hybridized carbons (Fsp3) is 0.158. The molecule has 0 saturated heterocycles. The van der Waals surface area contributed by atoms with Gasteiger partial charge in [-0.1, -0.05) is 12.1 Å².